The zero-order valence-corrected chi connectivity index (χ0v) is 14.5. The van der Waals surface area contributed by atoms with E-state index in [1.54, 1.807) is 11.6 Å². The van der Waals surface area contributed by atoms with E-state index in [1.165, 1.54) is 0 Å². The zero-order valence-electron chi connectivity index (χ0n) is 14.5. The van der Waals surface area contributed by atoms with Gasteiger partial charge in [-0.05, 0) is 20.4 Å². The normalized spacial score (nSPS) is 10.6. The molecule has 0 aliphatic heterocycles. The number of aryl methyl sites for hydroxylation is 1. The Balaban J connectivity index is 1.98. The Morgan fingerprint density at radius 2 is 2.04 bits per heavy atom. The maximum Gasteiger partial charge on any atom is 0.307 e. The van der Waals surface area contributed by atoms with Gasteiger partial charge < -0.3 is 20.7 Å². The van der Waals surface area contributed by atoms with E-state index in [-0.39, 0.29) is 11.9 Å². The van der Waals surface area contributed by atoms with Crippen molar-refractivity contribution in [3.05, 3.63) is 11.9 Å². The van der Waals surface area contributed by atoms with E-state index < -0.39 is 0 Å². The van der Waals surface area contributed by atoms with Gasteiger partial charge in [0.2, 0.25) is 5.91 Å². The van der Waals surface area contributed by atoms with Gasteiger partial charge in [-0.2, -0.15) is 0 Å². The SMILES string of the molecule is CCOC(=O)CCNCCC(=O)NCCCn1cc(CNC)nn1. The van der Waals surface area contributed by atoms with E-state index >= 15 is 0 Å². The molecule has 0 fully saturated rings. The topological polar surface area (TPSA) is 110 Å². The summed E-state index contributed by atoms with van der Waals surface area (Å²) in [7, 11) is 1.86. The number of amides is 1. The number of hydrogen-bond donors (Lipinski definition) is 3. The van der Waals surface area contributed by atoms with Gasteiger partial charge in [-0.15, -0.1) is 5.10 Å². The van der Waals surface area contributed by atoms with Crippen LogP contribution < -0.4 is 16.0 Å². The van der Waals surface area contributed by atoms with Gasteiger partial charge in [-0.1, -0.05) is 5.21 Å². The summed E-state index contributed by atoms with van der Waals surface area (Å²) in [6, 6.07) is 0. The molecule has 0 atom stereocenters. The average Bonchev–Trinajstić information content (AvgIpc) is 2.99. The monoisotopic (exact) mass is 340 g/mol. The lowest BCUT2D eigenvalue weighted by Crippen LogP contribution is -2.29. The summed E-state index contributed by atoms with van der Waals surface area (Å²) in [4.78, 5) is 22.8. The first-order valence-corrected chi connectivity index (χ1v) is 8.32. The van der Waals surface area contributed by atoms with Crippen LogP contribution in [0, 0.1) is 0 Å². The van der Waals surface area contributed by atoms with Gasteiger partial charge in [0, 0.05) is 45.3 Å². The van der Waals surface area contributed by atoms with Crippen LogP contribution in [0.2, 0.25) is 0 Å². The summed E-state index contributed by atoms with van der Waals surface area (Å²) >= 11 is 0. The van der Waals surface area contributed by atoms with Gasteiger partial charge in [-0.3, -0.25) is 14.3 Å². The molecule has 0 radical (unpaired) electrons. The van der Waals surface area contributed by atoms with Crippen molar-refractivity contribution in [2.75, 3.05) is 33.3 Å². The Labute approximate surface area is 142 Å². The van der Waals surface area contributed by atoms with Crippen LogP contribution in [-0.2, 0) is 27.4 Å². The molecule has 136 valence electrons. The number of aromatic nitrogens is 3. The fraction of sp³-hybridized carbons (Fsp3) is 0.733. The predicted molar refractivity (Wildman–Crippen MR) is 89.1 cm³/mol. The molecule has 1 aromatic rings. The number of nitrogens with one attached hydrogen (secondary N) is 3. The molecule has 1 amide bonds. The fourth-order valence-corrected chi connectivity index (χ4v) is 2.02. The molecule has 1 aromatic heterocycles. The van der Waals surface area contributed by atoms with Gasteiger partial charge in [0.25, 0.3) is 0 Å². The van der Waals surface area contributed by atoms with Crippen molar-refractivity contribution < 1.29 is 14.3 Å². The Kier molecular flexibility index (Phi) is 10.4. The second-order valence-electron chi connectivity index (χ2n) is 5.26. The van der Waals surface area contributed by atoms with Crippen molar-refractivity contribution in [2.45, 2.75) is 39.3 Å². The summed E-state index contributed by atoms with van der Waals surface area (Å²) in [5.74, 6) is -0.228. The number of hydrogen-bond acceptors (Lipinski definition) is 7. The molecule has 9 nitrogen and oxygen atoms in total. The first-order valence-electron chi connectivity index (χ1n) is 8.32. The van der Waals surface area contributed by atoms with Gasteiger partial charge >= 0.3 is 5.97 Å². The number of carbonyl (C=O) groups is 2. The van der Waals surface area contributed by atoms with Crippen LogP contribution in [0.25, 0.3) is 0 Å². The van der Waals surface area contributed by atoms with Gasteiger partial charge in [0.15, 0.2) is 0 Å². The quantitative estimate of drug-likeness (QED) is 0.326. The van der Waals surface area contributed by atoms with Crippen LogP contribution in [0.15, 0.2) is 6.20 Å². The molecule has 1 heterocycles. The second-order valence-corrected chi connectivity index (χ2v) is 5.26. The average molecular weight is 340 g/mol. The van der Waals surface area contributed by atoms with E-state index in [9.17, 15) is 9.59 Å². The third-order valence-electron chi connectivity index (χ3n) is 3.17. The molecule has 3 N–H and O–H groups in total. The molecule has 0 unspecified atom stereocenters. The smallest absolute Gasteiger partial charge is 0.307 e. The summed E-state index contributed by atoms with van der Waals surface area (Å²) < 4.78 is 6.59. The largest absolute Gasteiger partial charge is 0.466 e. The third-order valence-corrected chi connectivity index (χ3v) is 3.17. The van der Waals surface area contributed by atoms with Gasteiger partial charge in [-0.25, -0.2) is 0 Å². The summed E-state index contributed by atoms with van der Waals surface area (Å²) in [5, 5.41) is 17.0. The highest BCUT2D eigenvalue weighted by molar-refractivity contribution is 5.76. The van der Waals surface area contributed by atoms with E-state index in [0.29, 0.717) is 45.6 Å². The molecule has 9 heteroatoms. The first kappa shape index (κ1) is 20.0. The zero-order chi connectivity index (χ0) is 17.6. The van der Waals surface area contributed by atoms with Crippen LogP contribution >= 0.6 is 0 Å². The third kappa shape index (κ3) is 9.21. The number of esters is 1. The lowest BCUT2D eigenvalue weighted by Gasteiger charge is -2.06. The van der Waals surface area contributed by atoms with E-state index in [1.807, 2.05) is 13.2 Å². The molecule has 0 saturated carbocycles. The molecule has 0 aliphatic rings. The van der Waals surface area contributed by atoms with Crippen molar-refractivity contribution in [3.8, 4) is 0 Å². The Bertz CT molecular complexity index is 491. The highest BCUT2D eigenvalue weighted by Crippen LogP contribution is 1.94. The van der Waals surface area contributed by atoms with Crippen LogP contribution in [0.5, 0.6) is 0 Å². The maximum atomic E-state index is 11.7. The molecule has 24 heavy (non-hydrogen) atoms. The summed E-state index contributed by atoms with van der Waals surface area (Å²) in [6.07, 6.45) is 3.40. The minimum atomic E-state index is -0.222. The second kappa shape index (κ2) is 12.4. The van der Waals surface area contributed by atoms with Gasteiger partial charge in [0.1, 0.15) is 0 Å². The van der Waals surface area contributed by atoms with E-state index in [0.717, 1.165) is 18.7 Å². The number of nitrogens with zero attached hydrogens (tertiary/aromatic N) is 3. The Morgan fingerprint density at radius 3 is 2.79 bits per heavy atom. The van der Waals surface area contributed by atoms with Crippen molar-refractivity contribution in [2.24, 2.45) is 0 Å². The molecule has 0 saturated heterocycles. The number of carbonyl (C=O) groups excluding carboxylic acids is 2. The minimum Gasteiger partial charge on any atom is -0.466 e. The fourth-order valence-electron chi connectivity index (χ4n) is 2.02. The van der Waals surface area contributed by atoms with Crippen molar-refractivity contribution in [1.82, 2.24) is 30.9 Å². The molecular formula is C15H28N6O3. The number of rotatable bonds is 13. The van der Waals surface area contributed by atoms with Gasteiger partial charge in [0.05, 0.1) is 18.7 Å². The first-order chi connectivity index (χ1) is 11.7. The molecule has 1 rings (SSSR count). The van der Waals surface area contributed by atoms with Crippen LogP contribution in [0.1, 0.15) is 31.9 Å². The minimum absolute atomic E-state index is 0.00639. The predicted octanol–water partition coefficient (Wildman–Crippen LogP) is -0.563. The molecule has 0 bridgehead atoms. The maximum absolute atomic E-state index is 11.7. The number of ether oxygens (including phenoxy) is 1. The summed E-state index contributed by atoms with van der Waals surface area (Å²) in [5.41, 5.74) is 0.899. The van der Waals surface area contributed by atoms with Crippen LogP contribution in [0.4, 0.5) is 0 Å². The Morgan fingerprint density at radius 1 is 1.25 bits per heavy atom. The van der Waals surface area contributed by atoms with Crippen molar-refractivity contribution >= 4 is 11.9 Å². The molecule has 0 aromatic carbocycles. The molecule has 0 spiro atoms. The molecular weight excluding hydrogens is 312 g/mol. The van der Waals surface area contributed by atoms with Crippen molar-refractivity contribution in [1.29, 1.82) is 0 Å². The highest BCUT2D eigenvalue weighted by Gasteiger charge is 2.03. The van der Waals surface area contributed by atoms with E-state index in [2.05, 4.69) is 26.3 Å². The summed E-state index contributed by atoms with van der Waals surface area (Å²) in [6.45, 7) is 5.25. The lowest BCUT2D eigenvalue weighted by molar-refractivity contribution is -0.142. The van der Waals surface area contributed by atoms with Crippen molar-refractivity contribution in [3.63, 3.8) is 0 Å². The standard InChI is InChI=1S/C15H28N6O3/c1-3-24-15(23)6-9-17-8-5-14(22)18-7-4-10-21-12-13(11-16-2)19-20-21/h12,16-17H,3-11H2,1-2H3,(H,18,22). The van der Waals surface area contributed by atoms with E-state index in [4.69, 9.17) is 4.74 Å². The molecule has 0 aliphatic carbocycles. The Hall–Kier alpha value is -2.00. The lowest BCUT2D eigenvalue weighted by atomic mass is 10.3. The van der Waals surface area contributed by atoms with Crippen LogP contribution in [0.3, 0.4) is 0 Å². The highest BCUT2D eigenvalue weighted by atomic mass is 16.5. The van der Waals surface area contributed by atoms with Crippen LogP contribution in [-0.4, -0.2) is 60.2 Å².